The third-order valence-corrected chi connectivity index (χ3v) is 5.48. The van der Waals surface area contributed by atoms with Gasteiger partial charge in [0.2, 0.25) is 0 Å². The second kappa shape index (κ2) is 8.63. The summed E-state index contributed by atoms with van der Waals surface area (Å²) in [6, 6.07) is 7.93. The first-order valence-corrected chi connectivity index (χ1v) is 10.4. The first-order chi connectivity index (χ1) is 15.0. The van der Waals surface area contributed by atoms with Gasteiger partial charge < -0.3 is 14.3 Å². The fourth-order valence-corrected chi connectivity index (χ4v) is 3.74. The summed E-state index contributed by atoms with van der Waals surface area (Å²) in [5.41, 5.74) is 1.72. The van der Waals surface area contributed by atoms with Crippen LogP contribution in [0.5, 0.6) is 0 Å². The largest absolute Gasteiger partial charge is 0.457 e. The Morgan fingerprint density at radius 1 is 1.23 bits per heavy atom. The topological polar surface area (TPSA) is 115 Å². The summed E-state index contributed by atoms with van der Waals surface area (Å²) in [6.07, 6.45) is 4.39. The quantitative estimate of drug-likeness (QED) is 0.422. The van der Waals surface area contributed by atoms with Crippen LogP contribution in [0.4, 0.5) is 0 Å². The van der Waals surface area contributed by atoms with Crippen molar-refractivity contribution in [3.63, 3.8) is 0 Å². The summed E-state index contributed by atoms with van der Waals surface area (Å²) in [5.74, 6) is 0.0615. The van der Waals surface area contributed by atoms with Crippen molar-refractivity contribution >= 4 is 28.0 Å². The lowest BCUT2D eigenvalue weighted by Crippen LogP contribution is -2.31. The summed E-state index contributed by atoms with van der Waals surface area (Å²) in [7, 11) is 1.67. The fourth-order valence-electron chi connectivity index (χ4n) is 3.74. The molecule has 0 bridgehead atoms. The number of ether oxygens (including phenoxy) is 1. The number of H-pyrrole nitrogens is 2. The first-order valence-electron chi connectivity index (χ1n) is 10.4. The molecule has 1 aromatic carbocycles. The number of benzene rings is 1. The molecule has 0 aliphatic carbocycles. The van der Waals surface area contributed by atoms with E-state index >= 15 is 0 Å². The lowest BCUT2D eigenvalue weighted by atomic mass is 10.1. The molecular weight excluding hydrogens is 398 g/mol. The Kier molecular flexibility index (Phi) is 5.75. The van der Waals surface area contributed by atoms with Crippen LogP contribution < -0.4 is 11.2 Å². The van der Waals surface area contributed by atoms with E-state index in [2.05, 4.69) is 15.0 Å². The van der Waals surface area contributed by atoms with Gasteiger partial charge in [-0.25, -0.2) is 9.78 Å². The normalized spacial score (nSPS) is 11.4. The van der Waals surface area contributed by atoms with Crippen molar-refractivity contribution < 1.29 is 9.53 Å². The number of carbonyl (C=O) groups is 1. The highest BCUT2D eigenvalue weighted by atomic mass is 16.5. The molecule has 9 heteroatoms. The predicted octanol–water partition coefficient (Wildman–Crippen LogP) is 2.38. The minimum absolute atomic E-state index is 0.0701. The number of nitrogens with zero attached hydrogens (tertiary/aromatic N) is 3. The standard InChI is InChI=1S/C22H25N5O4/c1-3-4-11-27-20-19(21(29)25-22(27)30)26(2)17(24-20)13-31-18(28)10-9-14-12-23-16-8-6-5-7-15(14)16/h5-8,12,23H,3-4,9-11,13H2,1-2H3,(H,25,29,30). The third-order valence-electron chi connectivity index (χ3n) is 5.48. The second-order valence-corrected chi connectivity index (χ2v) is 7.54. The zero-order valence-electron chi connectivity index (χ0n) is 17.6. The molecule has 162 valence electrons. The number of aromatic nitrogens is 5. The number of unbranched alkanes of at least 4 members (excludes halogenated alkanes) is 1. The zero-order valence-corrected chi connectivity index (χ0v) is 17.6. The number of aromatic amines is 2. The molecule has 0 spiro atoms. The molecular formula is C22H25N5O4. The Balaban J connectivity index is 1.47. The maximum absolute atomic E-state index is 12.3. The number of hydrogen-bond donors (Lipinski definition) is 2. The van der Waals surface area contributed by atoms with Gasteiger partial charge in [-0.3, -0.25) is 19.1 Å². The van der Waals surface area contributed by atoms with Crippen molar-refractivity contribution in [3.05, 3.63) is 62.7 Å². The monoisotopic (exact) mass is 423 g/mol. The molecule has 0 amide bonds. The van der Waals surface area contributed by atoms with E-state index in [1.807, 2.05) is 37.4 Å². The summed E-state index contributed by atoms with van der Waals surface area (Å²) >= 11 is 0. The smallest absolute Gasteiger partial charge is 0.330 e. The molecule has 31 heavy (non-hydrogen) atoms. The average Bonchev–Trinajstić information content (AvgIpc) is 3.32. The van der Waals surface area contributed by atoms with E-state index < -0.39 is 11.2 Å². The van der Waals surface area contributed by atoms with Gasteiger partial charge in [0, 0.05) is 37.1 Å². The van der Waals surface area contributed by atoms with Crippen LogP contribution in [0.1, 0.15) is 37.6 Å². The average molecular weight is 423 g/mol. The molecule has 0 aliphatic rings. The molecule has 0 aliphatic heterocycles. The number of imidazole rings is 1. The lowest BCUT2D eigenvalue weighted by molar-refractivity contribution is -0.145. The number of para-hydroxylation sites is 1. The number of aryl methyl sites for hydroxylation is 3. The highest BCUT2D eigenvalue weighted by Gasteiger charge is 2.17. The molecule has 3 heterocycles. The molecule has 4 aromatic rings. The second-order valence-electron chi connectivity index (χ2n) is 7.54. The molecule has 3 aromatic heterocycles. The molecule has 0 atom stereocenters. The van der Waals surface area contributed by atoms with Gasteiger partial charge in [0.25, 0.3) is 5.56 Å². The van der Waals surface area contributed by atoms with Crippen molar-refractivity contribution in [1.82, 2.24) is 24.1 Å². The van der Waals surface area contributed by atoms with Gasteiger partial charge in [-0.15, -0.1) is 0 Å². The van der Waals surface area contributed by atoms with E-state index in [0.29, 0.717) is 30.0 Å². The van der Waals surface area contributed by atoms with E-state index in [1.54, 1.807) is 11.6 Å². The van der Waals surface area contributed by atoms with Crippen LogP contribution in [-0.2, 0) is 36.2 Å². The fraction of sp³-hybridized carbons (Fsp3) is 0.364. The maximum Gasteiger partial charge on any atom is 0.330 e. The van der Waals surface area contributed by atoms with Gasteiger partial charge in [-0.2, -0.15) is 0 Å². The maximum atomic E-state index is 12.3. The van der Waals surface area contributed by atoms with Crippen molar-refractivity contribution in [1.29, 1.82) is 0 Å². The SMILES string of the molecule is CCCCn1c(=O)[nH]c(=O)c2c1nc(COC(=O)CCc1c[nH]c3ccccc13)n2C. The molecule has 4 rings (SSSR count). The Morgan fingerprint density at radius 3 is 2.84 bits per heavy atom. The zero-order chi connectivity index (χ0) is 22.0. The number of esters is 1. The molecule has 0 unspecified atom stereocenters. The van der Waals surface area contributed by atoms with Crippen LogP contribution in [-0.4, -0.2) is 30.1 Å². The summed E-state index contributed by atoms with van der Waals surface area (Å²) in [6.45, 7) is 2.41. The van der Waals surface area contributed by atoms with Crippen molar-refractivity contribution in [2.24, 2.45) is 7.05 Å². The van der Waals surface area contributed by atoms with Gasteiger partial charge >= 0.3 is 11.7 Å². The molecule has 0 saturated heterocycles. The molecule has 0 saturated carbocycles. The van der Waals surface area contributed by atoms with Crippen LogP contribution in [0.2, 0.25) is 0 Å². The number of rotatable bonds is 8. The van der Waals surface area contributed by atoms with Gasteiger partial charge in [0.05, 0.1) is 0 Å². The molecule has 0 radical (unpaired) electrons. The number of fused-ring (bicyclic) bond motifs is 2. The van der Waals surface area contributed by atoms with Gasteiger partial charge in [0.15, 0.2) is 11.2 Å². The van der Waals surface area contributed by atoms with Crippen molar-refractivity contribution in [3.8, 4) is 0 Å². The molecule has 0 fully saturated rings. The first kappa shape index (κ1) is 20.6. The van der Waals surface area contributed by atoms with E-state index in [9.17, 15) is 14.4 Å². The molecule has 9 nitrogen and oxygen atoms in total. The Bertz CT molecular complexity index is 1360. The van der Waals surface area contributed by atoms with E-state index in [4.69, 9.17) is 4.74 Å². The summed E-state index contributed by atoms with van der Waals surface area (Å²) in [4.78, 5) is 46.8. The minimum atomic E-state index is -0.500. The highest BCUT2D eigenvalue weighted by Crippen LogP contribution is 2.19. The molecule has 2 N–H and O–H groups in total. The lowest BCUT2D eigenvalue weighted by Gasteiger charge is -2.05. The van der Waals surface area contributed by atoms with Crippen LogP contribution in [0, 0.1) is 0 Å². The summed E-state index contributed by atoms with van der Waals surface area (Å²) in [5, 5.41) is 1.09. The van der Waals surface area contributed by atoms with Gasteiger partial charge in [-0.1, -0.05) is 31.5 Å². The Hall–Kier alpha value is -3.62. The third kappa shape index (κ3) is 4.03. The van der Waals surface area contributed by atoms with Crippen LogP contribution in [0.15, 0.2) is 40.1 Å². The van der Waals surface area contributed by atoms with E-state index in [0.717, 1.165) is 29.3 Å². The Labute approximate surface area is 177 Å². The van der Waals surface area contributed by atoms with Crippen LogP contribution in [0.25, 0.3) is 22.1 Å². The van der Waals surface area contributed by atoms with Crippen LogP contribution >= 0.6 is 0 Å². The number of nitrogens with one attached hydrogen (secondary N) is 2. The number of hydrogen-bond acceptors (Lipinski definition) is 5. The summed E-state index contributed by atoms with van der Waals surface area (Å²) < 4.78 is 8.44. The minimum Gasteiger partial charge on any atom is -0.457 e. The predicted molar refractivity (Wildman–Crippen MR) is 117 cm³/mol. The van der Waals surface area contributed by atoms with Gasteiger partial charge in [-0.05, 0) is 24.5 Å². The van der Waals surface area contributed by atoms with Crippen molar-refractivity contribution in [2.45, 2.75) is 45.8 Å². The number of carbonyl (C=O) groups excluding carboxylic acids is 1. The Morgan fingerprint density at radius 2 is 2.03 bits per heavy atom. The van der Waals surface area contributed by atoms with E-state index in [-0.39, 0.29) is 19.0 Å². The van der Waals surface area contributed by atoms with Crippen molar-refractivity contribution in [2.75, 3.05) is 0 Å². The van der Waals surface area contributed by atoms with Gasteiger partial charge in [0.1, 0.15) is 12.4 Å². The highest BCUT2D eigenvalue weighted by molar-refractivity contribution is 5.83. The van der Waals surface area contributed by atoms with E-state index in [1.165, 1.54) is 4.57 Å². The van der Waals surface area contributed by atoms with Crippen LogP contribution in [0.3, 0.4) is 0 Å².